The van der Waals surface area contributed by atoms with Gasteiger partial charge in [-0.25, -0.2) is 0 Å². The lowest BCUT2D eigenvalue weighted by atomic mass is 10.1. The maximum absolute atomic E-state index is 9.78. The first kappa shape index (κ1) is 10.6. The Morgan fingerprint density at radius 3 is 2.79 bits per heavy atom. The van der Waals surface area contributed by atoms with Crippen LogP contribution in [0.25, 0.3) is 0 Å². The standard InChI is InChI=1S/C12H14O2/c1-3-4-8-11(13)10-7-5-6-9-12(10)14-2/h5-7,9,11,13H,8H2,1-2H3. The third kappa shape index (κ3) is 2.51. The topological polar surface area (TPSA) is 29.5 Å². The van der Waals surface area contributed by atoms with Crippen LogP contribution in [-0.2, 0) is 0 Å². The Balaban J connectivity index is 2.85. The van der Waals surface area contributed by atoms with Crippen molar-refractivity contribution >= 4 is 0 Å². The van der Waals surface area contributed by atoms with Gasteiger partial charge in [-0.2, -0.15) is 0 Å². The molecule has 0 saturated carbocycles. The zero-order chi connectivity index (χ0) is 10.4. The van der Waals surface area contributed by atoms with E-state index >= 15 is 0 Å². The second-order valence-electron chi connectivity index (χ2n) is 2.89. The van der Waals surface area contributed by atoms with Crippen LogP contribution in [0.3, 0.4) is 0 Å². The lowest BCUT2D eigenvalue weighted by Crippen LogP contribution is -1.99. The van der Waals surface area contributed by atoms with Crippen LogP contribution in [-0.4, -0.2) is 12.2 Å². The minimum atomic E-state index is -0.571. The molecular weight excluding hydrogens is 176 g/mol. The quantitative estimate of drug-likeness (QED) is 0.740. The van der Waals surface area contributed by atoms with Gasteiger partial charge in [0.1, 0.15) is 5.75 Å². The molecule has 0 bridgehead atoms. The van der Waals surface area contributed by atoms with Gasteiger partial charge in [-0.15, -0.1) is 11.8 Å². The maximum Gasteiger partial charge on any atom is 0.124 e. The summed E-state index contributed by atoms with van der Waals surface area (Å²) in [5, 5.41) is 9.78. The van der Waals surface area contributed by atoms with E-state index in [0.717, 1.165) is 5.56 Å². The highest BCUT2D eigenvalue weighted by molar-refractivity contribution is 5.35. The highest BCUT2D eigenvalue weighted by Gasteiger charge is 2.10. The summed E-state index contributed by atoms with van der Waals surface area (Å²) >= 11 is 0. The Morgan fingerprint density at radius 2 is 2.14 bits per heavy atom. The third-order valence-corrected chi connectivity index (χ3v) is 1.97. The van der Waals surface area contributed by atoms with Crippen LogP contribution in [0.1, 0.15) is 25.0 Å². The van der Waals surface area contributed by atoms with Gasteiger partial charge in [0.25, 0.3) is 0 Å². The van der Waals surface area contributed by atoms with E-state index in [2.05, 4.69) is 11.8 Å². The molecule has 1 aromatic rings. The van der Waals surface area contributed by atoms with Crippen molar-refractivity contribution in [2.75, 3.05) is 7.11 Å². The van der Waals surface area contributed by atoms with Gasteiger partial charge in [0.05, 0.1) is 13.2 Å². The minimum absolute atomic E-state index is 0.441. The molecule has 0 radical (unpaired) electrons. The van der Waals surface area contributed by atoms with Gasteiger partial charge >= 0.3 is 0 Å². The molecule has 1 atom stereocenters. The fourth-order valence-electron chi connectivity index (χ4n) is 1.25. The van der Waals surface area contributed by atoms with Crippen molar-refractivity contribution < 1.29 is 9.84 Å². The van der Waals surface area contributed by atoms with Gasteiger partial charge < -0.3 is 9.84 Å². The molecule has 0 fully saturated rings. The van der Waals surface area contributed by atoms with Crippen molar-refractivity contribution in [2.45, 2.75) is 19.4 Å². The van der Waals surface area contributed by atoms with Crippen molar-refractivity contribution in [1.29, 1.82) is 0 Å². The molecule has 1 rings (SSSR count). The van der Waals surface area contributed by atoms with Crippen LogP contribution >= 0.6 is 0 Å². The van der Waals surface area contributed by atoms with Crippen LogP contribution < -0.4 is 4.74 Å². The number of hydrogen-bond donors (Lipinski definition) is 1. The minimum Gasteiger partial charge on any atom is -0.496 e. The molecule has 0 amide bonds. The highest BCUT2D eigenvalue weighted by Crippen LogP contribution is 2.26. The van der Waals surface area contributed by atoms with Crippen molar-refractivity contribution in [2.24, 2.45) is 0 Å². The fraction of sp³-hybridized carbons (Fsp3) is 0.333. The molecule has 0 aliphatic rings. The van der Waals surface area contributed by atoms with Crippen molar-refractivity contribution in [3.05, 3.63) is 29.8 Å². The van der Waals surface area contributed by atoms with E-state index in [1.165, 1.54) is 0 Å². The molecule has 74 valence electrons. The van der Waals surface area contributed by atoms with Gasteiger partial charge in [0.15, 0.2) is 0 Å². The Kier molecular flexibility index (Phi) is 4.03. The average Bonchev–Trinajstić information content (AvgIpc) is 2.25. The van der Waals surface area contributed by atoms with E-state index < -0.39 is 6.10 Å². The van der Waals surface area contributed by atoms with Crippen LogP contribution in [0.2, 0.25) is 0 Å². The van der Waals surface area contributed by atoms with Gasteiger partial charge in [-0.05, 0) is 13.0 Å². The first-order valence-electron chi connectivity index (χ1n) is 4.50. The summed E-state index contributed by atoms with van der Waals surface area (Å²) in [5.74, 6) is 6.30. The summed E-state index contributed by atoms with van der Waals surface area (Å²) in [5.41, 5.74) is 0.790. The molecule has 0 aromatic heterocycles. The summed E-state index contributed by atoms with van der Waals surface area (Å²) in [7, 11) is 1.59. The number of rotatable bonds is 3. The maximum atomic E-state index is 9.78. The van der Waals surface area contributed by atoms with Crippen molar-refractivity contribution in [3.8, 4) is 17.6 Å². The Morgan fingerprint density at radius 1 is 1.43 bits per heavy atom. The van der Waals surface area contributed by atoms with Crippen molar-refractivity contribution in [1.82, 2.24) is 0 Å². The molecule has 2 heteroatoms. The van der Waals surface area contributed by atoms with Gasteiger partial charge in [0.2, 0.25) is 0 Å². The zero-order valence-electron chi connectivity index (χ0n) is 8.45. The molecule has 0 spiro atoms. The molecule has 0 heterocycles. The smallest absolute Gasteiger partial charge is 0.124 e. The second kappa shape index (κ2) is 5.31. The Bertz CT molecular complexity index is 347. The van der Waals surface area contributed by atoms with Crippen LogP contribution in [0, 0.1) is 11.8 Å². The first-order chi connectivity index (χ1) is 6.79. The first-order valence-corrected chi connectivity index (χ1v) is 4.50. The normalized spacial score (nSPS) is 11.4. The number of methoxy groups -OCH3 is 1. The third-order valence-electron chi connectivity index (χ3n) is 1.97. The largest absolute Gasteiger partial charge is 0.496 e. The SMILES string of the molecule is CC#CCC(O)c1ccccc1OC. The van der Waals surface area contributed by atoms with E-state index in [1.807, 2.05) is 24.3 Å². The van der Waals surface area contributed by atoms with E-state index in [4.69, 9.17) is 4.74 Å². The van der Waals surface area contributed by atoms with E-state index in [-0.39, 0.29) is 0 Å². The number of benzene rings is 1. The molecular formula is C12H14O2. The van der Waals surface area contributed by atoms with Gasteiger partial charge in [-0.1, -0.05) is 18.2 Å². The molecule has 1 unspecified atom stereocenters. The fourth-order valence-corrected chi connectivity index (χ4v) is 1.25. The van der Waals surface area contributed by atoms with Gasteiger partial charge in [-0.3, -0.25) is 0 Å². The molecule has 14 heavy (non-hydrogen) atoms. The summed E-state index contributed by atoms with van der Waals surface area (Å²) < 4.78 is 5.14. The Hall–Kier alpha value is -1.46. The van der Waals surface area contributed by atoms with Crippen LogP contribution in [0.15, 0.2) is 24.3 Å². The number of aliphatic hydroxyl groups is 1. The van der Waals surface area contributed by atoms with E-state index in [1.54, 1.807) is 14.0 Å². The zero-order valence-corrected chi connectivity index (χ0v) is 8.45. The number of hydrogen-bond acceptors (Lipinski definition) is 2. The van der Waals surface area contributed by atoms with Crippen molar-refractivity contribution in [3.63, 3.8) is 0 Å². The second-order valence-corrected chi connectivity index (χ2v) is 2.89. The van der Waals surface area contributed by atoms with E-state index in [0.29, 0.717) is 12.2 Å². The Labute approximate surface area is 84.5 Å². The molecule has 1 N–H and O–H groups in total. The van der Waals surface area contributed by atoms with Gasteiger partial charge in [0, 0.05) is 12.0 Å². The predicted octanol–water partition coefficient (Wildman–Crippen LogP) is 2.14. The summed E-state index contributed by atoms with van der Waals surface area (Å²) in [6, 6.07) is 7.43. The average molecular weight is 190 g/mol. The number of ether oxygens (including phenoxy) is 1. The monoisotopic (exact) mass is 190 g/mol. The molecule has 0 aliphatic heterocycles. The summed E-state index contributed by atoms with van der Waals surface area (Å²) in [6.07, 6.45) is -0.129. The lowest BCUT2D eigenvalue weighted by Gasteiger charge is -2.11. The van der Waals surface area contributed by atoms with Crippen LogP contribution in [0.4, 0.5) is 0 Å². The molecule has 0 aliphatic carbocycles. The molecule has 1 aromatic carbocycles. The van der Waals surface area contributed by atoms with Crippen LogP contribution in [0.5, 0.6) is 5.75 Å². The summed E-state index contributed by atoms with van der Waals surface area (Å²) in [6.45, 7) is 1.76. The number of aliphatic hydroxyl groups excluding tert-OH is 1. The predicted molar refractivity (Wildman–Crippen MR) is 56.0 cm³/mol. The lowest BCUT2D eigenvalue weighted by molar-refractivity contribution is 0.179. The molecule has 0 saturated heterocycles. The van der Waals surface area contributed by atoms with E-state index in [9.17, 15) is 5.11 Å². The number of para-hydroxylation sites is 1. The molecule has 2 nitrogen and oxygen atoms in total. The summed E-state index contributed by atoms with van der Waals surface area (Å²) in [4.78, 5) is 0. The highest BCUT2D eigenvalue weighted by atomic mass is 16.5.